The maximum atomic E-state index is 12.2. The largest absolute Gasteiger partial charge is 0.368 e. The first-order valence-electron chi connectivity index (χ1n) is 6.57. The standard InChI is InChI=1S/C15H10BrCl2N3OS/c1-6(16)13(22)11-5-9-12(20-15(19)21-14(9)23-11)8-3-2-7(17)4-10(8)18/h2-6H,1H3,(H2,19,20,21). The van der Waals surface area contributed by atoms with Gasteiger partial charge in [-0.15, -0.1) is 11.3 Å². The van der Waals surface area contributed by atoms with Gasteiger partial charge in [0, 0.05) is 16.0 Å². The van der Waals surface area contributed by atoms with E-state index in [1.54, 1.807) is 31.2 Å². The van der Waals surface area contributed by atoms with Crippen molar-refractivity contribution < 1.29 is 4.79 Å². The highest BCUT2D eigenvalue weighted by molar-refractivity contribution is 9.10. The quantitative estimate of drug-likeness (QED) is 0.457. The SMILES string of the molecule is CC(Br)C(=O)c1cc2c(-c3ccc(Cl)cc3Cl)nc(N)nc2s1. The number of thiophene rings is 1. The number of alkyl halides is 1. The third-order valence-corrected chi connectivity index (χ3v) is 5.21. The van der Waals surface area contributed by atoms with Crippen LogP contribution in [0.4, 0.5) is 5.95 Å². The van der Waals surface area contributed by atoms with Crippen molar-refractivity contribution in [2.45, 2.75) is 11.8 Å². The van der Waals surface area contributed by atoms with E-state index in [0.29, 0.717) is 31.0 Å². The van der Waals surface area contributed by atoms with Crippen LogP contribution < -0.4 is 5.73 Å². The first kappa shape index (κ1) is 16.6. The molecule has 0 aliphatic heterocycles. The van der Waals surface area contributed by atoms with Gasteiger partial charge in [0.25, 0.3) is 0 Å². The molecule has 1 aromatic carbocycles. The van der Waals surface area contributed by atoms with E-state index in [9.17, 15) is 4.79 Å². The summed E-state index contributed by atoms with van der Waals surface area (Å²) in [4.78, 5) is 21.7. The van der Waals surface area contributed by atoms with Gasteiger partial charge >= 0.3 is 0 Å². The number of rotatable bonds is 3. The molecule has 2 heterocycles. The molecule has 0 fully saturated rings. The van der Waals surface area contributed by atoms with Gasteiger partial charge in [0.15, 0.2) is 5.78 Å². The zero-order valence-electron chi connectivity index (χ0n) is 11.8. The summed E-state index contributed by atoms with van der Waals surface area (Å²) in [6, 6.07) is 6.92. The summed E-state index contributed by atoms with van der Waals surface area (Å²) >= 11 is 16.8. The van der Waals surface area contributed by atoms with E-state index in [2.05, 4.69) is 25.9 Å². The third-order valence-electron chi connectivity index (χ3n) is 3.20. The fourth-order valence-corrected chi connectivity index (χ4v) is 4.11. The van der Waals surface area contributed by atoms with Crippen molar-refractivity contribution in [1.82, 2.24) is 9.97 Å². The number of hydrogen-bond donors (Lipinski definition) is 1. The average Bonchev–Trinajstić information content (AvgIpc) is 2.89. The highest BCUT2D eigenvalue weighted by atomic mass is 79.9. The monoisotopic (exact) mass is 429 g/mol. The molecule has 0 aliphatic rings. The molecule has 0 bridgehead atoms. The van der Waals surface area contributed by atoms with Gasteiger partial charge in [0.05, 0.1) is 20.4 Å². The first-order chi connectivity index (χ1) is 10.9. The molecule has 3 rings (SSSR count). The van der Waals surface area contributed by atoms with Gasteiger partial charge < -0.3 is 5.73 Å². The van der Waals surface area contributed by atoms with Crippen molar-refractivity contribution in [3.05, 3.63) is 39.2 Å². The average molecular weight is 431 g/mol. The molecule has 0 amide bonds. The topological polar surface area (TPSA) is 68.9 Å². The number of nitrogen functional groups attached to an aromatic ring is 1. The van der Waals surface area contributed by atoms with Crippen molar-refractivity contribution in [2.24, 2.45) is 0 Å². The van der Waals surface area contributed by atoms with Gasteiger partial charge in [0.2, 0.25) is 5.95 Å². The Bertz CT molecular complexity index is 926. The number of Topliss-reactive ketones (excluding diaryl/α,β-unsaturated/α-hetero) is 1. The molecule has 0 spiro atoms. The number of carbonyl (C=O) groups is 1. The van der Waals surface area contributed by atoms with Crippen molar-refractivity contribution in [1.29, 1.82) is 0 Å². The second-order valence-electron chi connectivity index (χ2n) is 4.86. The number of halogens is 3. The summed E-state index contributed by atoms with van der Waals surface area (Å²) in [5.74, 6) is 0.117. The Hall–Kier alpha value is -1.21. The van der Waals surface area contributed by atoms with Crippen LogP contribution in [0.3, 0.4) is 0 Å². The fraction of sp³-hybridized carbons (Fsp3) is 0.133. The Labute approximate surface area is 154 Å². The van der Waals surface area contributed by atoms with Crippen LogP contribution in [0.1, 0.15) is 16.6 Å². The summed E-state index contributed by atoms with van der Waals surface area (Å²) in [6.07, 6.45) is 0. The number of nitrogens with zero attached hydrogens (tertiary/aromatic N) is 2. The van der Waals surface area contributed by atoms with Crippen LogP contribution in [0.2, 0.25) is 10.0 Å². The Morgan fingerprint density at radius 1 is 1.30 bits per heavy atom. The van der Waals surface area contributed by atoms with Gasteiger partial charge in [-0.1, -0.05) is 39.1 Å². The number of anilines is 1. The van der Waals surface area contributed by atoms with E-state index in [1.807, 2.05) is 0 Å². The van der Waals surface area contributed by atoms with Crippen LogP contribution in [0.15, 0.2) is 24.3 Å². The highest BCUT2D eigenvalue weighted by Gasteiger charge is 2.19. The molecule has 0 aliphatic carbocycles. The molecule has 3 aromatic rings. The molecule has 8 heteroatoms. The molecule has 0 saturated heterocycles. The van der Waals surface area contributed by atoms with Crippen LogP contribution in [0, 0.1) is 0 Å². The van der Waals surface area contributed by atoms with E-state index in [4.69, 9.17) is 28.9 Å². The summed E-state index contributed by atoms with van der Waals surface area (Å²) < 4.78 is 0. The second kappa shape index (κ2) is 6.36. The van der Waals surface area contributed by atoms with Gasteiger partial charge in [-0.3, -0.25) is 4.79 Å². The normalized spacial score (nSPS) is 12.5. The maximum Gasteiger partial charge on any atom is 0.221 e. The van der Waals surface area contributed by atoms with E-state index in [1.165, 1.54) is 11.3 Å². The Morgan fingerprint density at radius 3 is 2.70 bits per heavy atom. The van der Waals surface area contributed by atoms with E-state index < -0.39 is 0 Å². The zero-order valence-corrected chi connectivity index (χ0v) is 15.7. The molecule has 23 heavy (non-hydrogen) atoms. The predicted octanol–water partition coefficient (Wildman–Crippen LogP) is 5.21. The maximum absolute atomic E-state index is 12.2. The molecule has 0 saturated carbocycles. The Morgan fingerprint density at radius 2 is 2.04 bits per heavy atom. The lowest BCUT2D eigenvalue weighted by atomic mass is 10.1. The van der Waals surface area contributed by atoms with Crippen LogP contribution in [0.5, 0.6) is 0 Å². The smallest absolute Gasteiger partial charge is 0.221 e. The van der Waals surface area contributed by atoms with Gasteiger partial charge in [0.1, 0.15) is 4.83 Å². The van der Waals surface area contributed by atoms with Crippen molar-refractivity contribution in [3.8, 4) is 11.3 Å². The van der Waals surface area contributed by atoms with Crippen molar-refractivity contribution in [2.75, 3.05) is 5.73 Å². The summed E-state index contributed by atoms with van der Waals surface area (Å²) in [7, 11) is 0. The Kier molecular flexibility index (Phi) is 4.60. The van der Waals surface area contributed by atoms with Crippen molar-refractivity contribution in [3.63, 3.8) is 0 Å². The number of hydrogen-bond acceptors (Lipinski definition) is 5. The molecule has 4 nitrogen and oxygen atoms in total. The van der Waals surface area contributed by atoms with E-state index in [-0.39, 0.29) is 16.6 Å². The second-order valence-corrected chi connectivity index (χ2v) is 8.11. The van der Waals surface area contributed by atoms with Crippen LogP contribution in [0.25, 0.3) is 21.5 Å². The molecule has 2 N–H and O–H groups in total. The molecular weight excluding hydrogens is 421 g/mol. The lowest BCUT2D eigenvalue weighted by Crippen LogP contribution is -2.07. The van der Waals surface area contributed by atoms with Gasteiger partial charge in [-0.25, -0.2) is 9.97 Å². The number of fused-ring (bicyclic) bond motifs is 1. The molecular formula is C15H10BrCl2N3OS. The van der Waals surface area contributed by atoms with Gasteiger partial charge in [-0.2, -0.15) is 0 Å². The number of aromatic nitrogens is 2. The summed E-state index contributed by atoms with van der Waals surface area (Å²) in [5.41, 5.74) is 7.09. The van der Waals surface area contributed by atoms with E-state index in [0.717, 1.165) is 5.39 Å². The third kappa shape index (κ3) is 3.21. The van der Waals surface area contributed by atoms with Crippen LogP contribution >= 0.6 is 50.5 Å². The number of nitrogens with two attached hydrogens (primary N) is 1. The predicted molar refractivity (Wildman–Crippen MR) is 100 cm³/mol. The summed E-state index contributed by atoms with van der Waals surface area (Å²) in [6.45, 7) is 1.78. The Balaban J connectivity index is 2.26. The minimum Gasteiger partial charge on any atom is -0.368 e. The molecule has 0 radical (unpaired) electrons. The minimum atomic E-state index is -0.275. The fourth-order valence-electron chi connectivity index (χ4n) is 2.14. The highest BCUT2D eigenvalue weighted by Crippen LogP contribution is 2.37. The van der Waals surface area contributed by atoms with Crippen molar-refractivity contribution >= 4 is 72.4 Å². The lowest BCUT2D eigenvalue weighted by Gasteiger charge is -2.06. The first-order valence-corrected chi connectivity index (χ1v) is 9.06. The number of ketones is 1. The molecule has 1 unspecified atom stereocenters. The minimum absolute atomic E-state index is 0.0141. The molecule has 2 aromatic heterocycles. The van der Waals surface area contributed by atoms with E-state index >= 15 is 0 Å². The lowest BCUT2D eigenvalue weighted by molar-refractivity contribution is 0.1000. The van der Waals surface area contributed by atoms with Crippen LogP contribution in [-0.2, 0) is 0 Å². The van der Waals surface area contributed by atoms with Crippen LogP contribution in [-0.4, -0.2) is 20.6 Å². The zero-order chi connectivity index (χ0) is 16.7. The van der Waals surface area contributed by atoms with Gasteiger partial charge in [-0.05, 0) is 31.2 Å². The molecule has 1 atom stereocenters. The number of benzene rings is 1. The summed E-state index contributed by atoms with van der Waals surface area (Å²) in [5, 5.41) is 1.74. The molecule has 118 valence electrons. The number of carbonyl (C=O) groups excluding carboxylic acids is 1.